The number of nitrogens with two attached hydrogens (primary N) is 2. The highest BCUT2D eigenvalue weighted by molar-refractivity contribution is 8.06. The van der Waals surface area contributed by atoms with Gasteiger partial charge in [0.2, 0.25) is 6.79 Å². The van der Waals surface area contributed by atoms with E-state index in [0.29, 0.717) is 32.7 Å². The third-order valence-corrected chi connectivity index (χ3v) is 4.18. The van der Waals surface area contributed by atoms with Gasteiger partial charge >= 0.3 is 0 Å². The van der Waals surface area contributed by atoms with Gasteiger partial charge in [0.25, 0.3) is 0 Å². The molecule has 0 aliphatic carbocycles. The lowest BCUT2D eigenvalue weighted by molar-refractivity contribution is 0.174. The summed E-state index contributed by atoms with van der Waals surface area (Å²) in [7, 11) is 0. The largest absolute Gasteiger partial charge is 0.454 e. The summed E-state index contributed by atoms with van der Waals surface area (Å²) in [6.07, 6.45) is 0. The summed E-state index contributed by atoms with van der Waals surface area (Å²) in [4.78, 5) is 0. The van der Waals surface area contributed by atoms with E-state index in [-0.39, 0.29) is 6.79 Å². The molecule has 104 valence electrons. The number of nitrogens with zero attached hydrogens (tertiary/aromatic N) is 2. The van der Waals surface area contributed by atoms with Gasteiger partial charge in [-0.2, -0.15) is 10.5 Å². The number of benzene rings is 1. The number of ether oxygens (including phenoxy) is 2. The molecule has 0 aromatic heterocycles. The number of rotatable bonds is 1. The average molecular weight is 298 g/mol. The predicted octanol–water partition coefficient (Wildman–Crippen LogP) is 1.63. The van der Waals surface area contributed by atoms with E-state index < -0.39 is 5.92 Å². The molecule has 0 radical (unpaired) electrons. The molecule has 7 heteroatoms. The molecule has 0 saturated carbocycles. The molecule has 0 atom stereocenters. The lowest BCUT2D eigenvalue weighted by atomic mass is 9.85. The molecule has 2 aliphatic heterocycles. The summed E-state index contributed by atoms with van der Waals surface area (Å²) < 4.78 is 10.6. The van der Waals surface area contributed by atoms with E-state index in [1.165, 1.54) is 0 Å². The Morgan fingerprint density at radius 2 is 1.67 bits per heavy atom. The molecule has 6 nitrogen and oxygen atoms in total. The van der Waals surface area contributed by atoms with Gasteiger partial charge in [0, 0.05) is 0 Å². The van der Waals surface area contributed by atoms with Crippen molar-refractivity contribution in [3.8, 4) is 23.6 Å². The smallest absolute Gasteiger partial charge is 0.231 e. The lowest BCUT2D eigenvalue weighted by Crippen LogP contribution is -2.18. The van der Waals surface area contributed by atoms with Crippen LogP contribution in [-0.2, 0) is 0 Å². The molecule has 1 aromatic rings. The van der Waals surface area contributed by atoms with E-state index >= 15 is 0 Å². The van der Waals surface area contributed by atoms with E-state index in [2.05, 4.69) is 12.1 Å². The Bertz CT molecular complexity index is 734. The van der Waals surface area contributed by atoms with Crippen LogP contribution < -0.4 is 20.9 Å². The first-order valence-electron chi connectivity index (χ1n) is 6.02. The molecule has 0 saturated heterocycles. The monoisotopic (exact) mass is 298 g/mol. The summed E-state index contributed by atoms with van der Waals surface area (Å²) in [5.41, 5.74) is 13.1. The second kappa shape index (κ2) is 4.97. The van der Waals surface area contributed by atoms with Crippen LogP contribution in [0.25, 0.3) is 0 Å². The first-order valence-corrected chi connectivity index (χ1v) is 6.84. The van der Waals surface area contributed by atoms with Crippen molar-refractivity contribution in [3.63, 3.8) is 0 Å². The zero-order valence-corrected chi connectivity index (χ0v) is 11.6. The molecule has 21 heavy (non-hydrogen) atoms. The van der Waals surface area contributed by atoms with Gasteiger partial charge in [-0.25, -0.2) is 0 Å². The maximum Gasteiger partial charge on any atom is 0.231 e. The van der Waals surface area contributed by atoms with Crippen molar-refractivity contribution in [1.29, 1.82) is 10.5 Å². The topological polar surface area (TPSA) is 118 Å². The normalized spacial score (nSPS) is 17.6. The van der Waals surface area contributed by atoms with Gasteiger partial charge in [0.15, 0.2) is 11.5 Å². The zero-order chi connectivity index (χ0) is 15.0. The third-order valence-electron chi connectivity index (χ3n) is 3.30. The maximum absolute atomic E-state index is 9.36. The van der Waals surface area contributed by atoms with Crippen molar-refractivity contribution in [2.45, 2.75) is 5.92 Å². The van der Waals surface area contributed by atoms with Crippen LogP contribution in [0.15, 0.2) is 39.4 Å². The number of allylic oxidation sites excluding steroid dienone is 2. The Labute approximate surface area is 125 Å². The highest BCUT2D eigenvalue weighted by Crippen LogP contribution is 2.45. The van der Waals surface area contributed by atoms with E-state index in [9.17, 15) is 10.5 Å². The fourth-order valence-electron chi connectivity index (χ4n) is 2.32. The summed E-state index contributed by atoms with van der Waals surface area (Å²) in [6, 6.07) is 9.43. The van der Waals surface area contributed by atoms with Gasteiger partial charge in [-0.15, -0.1) is 0 Å². The number of nitriles is 2. The third kappa shape index (κ3) is 2.04. The van der Waals surface area contributed by atoms with Crippen molar-refractivity contribution in [1.82, 2.24) is 0 Å². The van der Waals surface area contributed by atoms with Crippen LogP contribution in [0.1, 0.15) is 11.5 Å². The zero-order valence-electron chi connectivity index (χ0n) is 10.8. The van der Waals surface area contributed by atoms with Crippen LogP contribution in [0.2, 0.25) is 0 Å². The molecule has 0 bridgehead atoms. The van der Waals surface area contributed by atoms with E-state index in [1.807, 2.05) is 0 Å². The quantitative estimate of drug-likeness (QED) is 0.808. The number of fused-ring (bicyclic) bond motifs is 1. The molecule has 0 unspecified atom stereocenters. The Balaban J connectivity index is 2.15. The standard InChI is InChI=1S/C14H10N4O2S/c15-4-8-12(9(5-16)14(18)21-13(8)17)7-1-2-10-11(3-7)20-6-19-10/h1-3,12H,6,17-18H2. The first kappa shape index (κ1) is 13.2. The molecule has 0 amide bonds. The van der Waals surface area contributed by atoms with Crippen LogP contribution in [0.4, 0.5) is 0 Å². The average Bonchev–Trinajstić information content (AvgIpc) is 2.93. The van der Waals surface area contributed by atoms with Crippen molar-refractivity contribution < 1.29 is 9.47 Å². The van der Waals surface area contributed by atoms with Gasteiger partial charge in [-0.1, -0.05) is 17.8 Å². The maximum atomic E-state index is 9.36. The van der Waals surface area contributed by atoms with Crippen LogP contribution in [0, 0.1) is 22.7 Å². The first-order chi connectivity index (χ1) is 10.2. The van der Waals surface area contributed by atoms with Crippen molar-refractivity contribution >= 4 is 11.8 Å². The molecule has 3 rings (SSSR count). The summed E-state index contributed by atoms with van der Waals surface area (Å²) in [5.74, 6) is 0.642. The molecular weight excluding hydrogens is 288 g/mol. The summed E-state index contributed by atoms with van der Waals surface area (Å²) >= 11 is 1.04. The van der Waals surface area contributed by atoms with Crippen molar-refractivity contribution in [2.24, 2.45) is 11.5 Å². The van der Waals surface area contributed by atoms with E-state index in [4.69, 9.17) is 20.9 Å². The van der Waals surface area contributed by atoms with Gasteiger partial charge < -0.3 is 20.9 Å². The van der Waals surface area contributed by atoms with E-state index in [0.717, 1.165) is 17.3 Å². The Kier molecular flexibility index (Phi) is 3.13. The van der Waals surface area contributed by atoms with Crippen LogP contribution >= 0.6 is 11.8 Å². The van der Waals surface area contributed by atoms with Crippen LogP contribution in [0.3, 0.4) is 0 Å². The van der Waals surface area contributed by atoms with Gasteiger partial charge in [-0.05, 0) is 17.7 Å². The molecule has 2 heterocycles. The molecule has 4 N–H and O–H groups in total. The highest BCUT2D eigenvalue weighted by atomic mass is 32.2. The minimum atomic E-state index is -0.573. The fraction of sp³-hybridized carbons (Fsp3) is 0.143. The Morgan fingerprint density at radius 3 is 2.29 bits per heavy atom. The minimum absolute atomic E-state index is 0.158. The molecule has 1 aromatic carbocycles. The fourth-order valence-corrected chi connectivity index (χ4v) is 3.11. The Morgan fingerprint density at radius 1 is 1.05 bits per heavy atom. The highest BCUT2D eigenvalue weighted by Gasteiger charge is 2.32. The number of thioether (sulfide) groups is 1. The minimum Gasteiger partial charge on any atom is -0.454 e. The van der Waals surface area contributed by atoms with Gasteiger partial charge in [0.1, 0.15) is 0 Å². The van der Waals surface area contributed by atoms with Crippen LogP contribution in [0.5, 0.6) is 11.5 Å². The van der Waals surface area contributed by atoms with Gasteiger partial charge in [-0.3, -0.25) is 0 Å². The Hall–Kier alpha value is -2.77. The van der Waals surface area contributed by atoms with Gasteiger partial charge in [0.05, 0.1) is 39.3 Å². The van der Waals surface area contributed by atoms with Crippen molar-refractivity contribution in [3.05, 3.63) is 45.0 Å². The second-order valence-corrected chi connectivity index (χ2v) is 5.51. The second-order valence-electron chi connectivity index (χ2n) is 4.43. The molecule has 2 aliphatic rings. The molecular formula is C14H10N4O2S. The predicted molar refractivity (Wildman–Crippen MR) is 76.5 cm³/mol. The summed E-state index contributed by atoms with van der Waals surface area (Å²) in [6.45, 7) is 0.158. The summed E-state index contributed by atoms with van der Waals surface area (Å²) in [5, 5.41) is 19.3. The molecule has 0 spiro atoms. The molecule has 0 fully saturated rings. The lowest BCUT2D eigenvalue weighted by Gasteiger charge is -2.23. The van der Waals surface area contributed by atoms with Crippen LogP contribution in [-0.4, -0.2) is 6.79 Å². The SMILES string of the molecule is N#CC1=C(N)SC(N)=C(C#N)C1c1ccc2c(c1)OCO2. The number of hydrogen-bond donors (Lipinski definition) is 2. The van der Waals surface area contributed by atoms with E-state index in [1.54, 1.807) is 18.2 Å². The number of hydrogen-bond acceptors (Lipinski definition) is 7. The van der Waals surface area contributed by atoms with Crippen molar-refractivity contribution in [2.75, 3.05) is 6.79 Å².